The van der Waals surface area contributed by atoms with Crippen LogP contribution in [0, 0.1) is 11.6 Å². The second kappa shape index (κ2) is 17.4. The van der Waals surface area contributed by atoms with Crippen molar-refractivity contribution in [2.24, 2.45) is 0 Å². The van der Waals surface area contributed by atoms with E-state index in [1.54, 1.807) is 47.6 Å². The lowest BCUT2D eigenvalue weighted by Crippen LogP contribution is -2.48. The standard InChI is InChI=1S/C38H44F2N4O3/c1-4-14-44(15-5-2)38(47)32-21-30(29-10-12-41-13-11-29)20-31(22-32)37(46)43-35(19-28-17-33(39)23-34(40)18-28)36(45)25-42-24-27-9-7-8-26(6-3)16-27/h7-13,16-18,20-23,35-36,42,45H,4-6,14-15,19,24-25H2,1-3H3,(H,43,46)/t35-,36+/m0/s1. The molecule has 0 bridgehead atoms. The minimum absolute atomic E-state index is 0.0226. The van der Waals surface area contributed by atoms with Crippen LogP contribution in [0.5, 0.6) is 0 Å². The summed E-state index contributed by atoms with van der Waals surface area (Å²) in [5, 5.41) is 17.5. The third-order valence-electron chi connectivity index (χ3n) is 7.97. The van der Waals surface area contributed by atoms with Crippen molar-refractivity contribution in [3.05, 3.63) is 125 Å². The van der Waals surface area contributed by atoms with E-state index in [0.717, 1.165) is 36.5 Å². The van der Waals surface area contributed by atoms with Gasteiger partial charge in [-0.15, -0.1) is 0 Å². The zero-order chi connectivity index (χ0) is 33.8. The smallest absolute Gasteiger partial charge is 0.253 e. The van der Waals surface area contributed by atoms with Gasteiger partial charge in [0.25, 0.3) is 11.8 Å². The molecule has 47 heavy (non-hydrogen) atoms. The topological polar surface area (TPSA) is 94.6 Å². The van der Waals surface area contributed by atoms with Gasteiger partial charge in [0.15, 0.2) is 0 Å². The van der Waals surface area contributed by atoms with Crippen molar-refractivity contribution in [2.75, 3.05) is 19.6 Å². The van der Waals surface area contributed by atoms with Gasteiger partial charge in [-0.2, -0.15) is 0 Å². The van der Waals surface area contributed by atoms with Crippen molar-refractivity contribution < 1.29 is 23.5 Å². The Morgan fingerprint density at radius 2 is 1.47 bits per heavy atom. The van der Waals surface area contributed by atoms with Crippen LogP contribution in [0.1, 0.15) is 71.0 Å². The summed E-state index contributed by atoms with van der Waals surface area (Å²) in [4.78, 5) is 33.4. The summed E-state index contributed by atoms with van der Waals surface area (Å²) in [6.07, 6.45) is 4.64. The molecule has 0 spiro atoms. The molecular weight excluding hydrogens is 598 g/mol. The van der Waals surface area contributed by atoms with Crippen LogP contribution in [-0.2, 0) is 19.4 Å². The number of amides is 2. The molecule has 4 rings (SSSR count). The van der Waals surface area contributed by atoms with E-state index >= 15 is 0 Å². The summed E-state index contributed by atoms with van der Waals surface area (Å²) in [5.41, 5.74) is 4.58. The van der Waals surface area contributed by atoms with Crippen molar-refractivity contribution >= 4 is 11.8 Å². The molecule has 0 saturated carbocycles. The van der Waals surface area contributed by atoms with E-state index in [2.05, 4.69) is 34.7 Å². The predicted octanol–water partition coefficient (Wildman–Crippen LogP) is 6.34. The van der Waals surface area contributed by atoms with Crippen molar-refractivity contribution in [2.45, 2.75) is 65.1 Å². The maximum Gasteiger partial charge on any atom is 0.253 e. The van der Waals surface area contributed by atoms with Crippen LogP contribution >= 0.6 is 0 Å². The Labute approximate surface area is 276 Å². The molecule has 0 aliphatic rings. The lowest BCUT2D eigenvalue weighted by atomic mass is 9.97. The molecule has 9 heteroatoms. The first-order valence-electron chi connectivity index (χ1n) is 16.3. The zero-order valence-corrected chi connectivity index (χ0v) is 27.3. The predicted molar refractivity (Wildman–Crippen MR) is 181 cm³/mol. The van der Waals surface area contributed by atoms with Gasteiger partial charge >= 0.3 is 0 Å². The van der Waals surface area contributed by atoms with Crippen molar-refractivity contribution in [3.63, 3.8) is 0 Å². The zero-order valence-electron chi connectivity index (χ0n) is 27.3. The van der Waals surface area contributed by atoms with Gasteiger partial charge in [0.2, 0.25) is 0 Å². The van der Waals surface area contributed by atoms with E-state index < -0.39 is 29.7 Å². The maximum absolute atomic E-state index is 14.1. The molecule has 0 aliphatic carbocycles. The van der Waals surface area contributed by atoms with E-state index in [1.165, 1.54) is 17.7 Å². The first-order valence-corrected chi connectivity index (χ1v) is 16.3. The summed E-state index contributed by atoms with van der Waals surface area (Å²) >= 11 is 0. The summed E-state index contributed by atoms with van der Waals surface area (Å²) in [5.74, 6) is -2.19. The van der Waals surface area contributed by atoms with E-state index in [-0.39, 0.29) is 24.4 Å². The van der Waals surface area contributed by atoms with Crippen LogP contribution < -0.4 is 10.6 Å². The van der Waals surface area contributed by atoms with Crippen LogP contribution in [0.15, 0.2) is 85.2 Å². The molecule has 2 amide bonds. The van der Waals surface area contributed by atoms with Crippen LogP contribution in [0.2, 0.25) is 0 Å². The van der Waals surface area contributed by atoms with Gasteiger partial charge in [0, 0.05) is 55.8 Å². The molecule has 0 fully saturated rings. The Balaban J connectivity index is 1.62. The molecule has 2 atom stereocenters. The van der Waals surface area contributed by atoms with Gasteiger partial charge < -0.3 is 20.6 Å². The third-order valence-corrected chi connectivity index (χ3v) is 7.97. The van der Waals surface area contributed by atoms with Crippen LogP contribution in [0.4, 0.5) is 8.78 Å². The number of aliphatic hydroxyl groups is 1. The molecule has 1 aromatic heterocycles. The first-order chi connectivity index (χ1) is 22.7. The molecule has 0 unspecified atom stereocenters. The Bertz CT molecular complexity index is 1610. The number of hydrogen-bond acceptors (Lipinski definition) is 5. The highest BCUT2D eigenvalue weighted by molar-refractivity contribution is 6.01. The van der Waals surface area contributed by atoms with E-state index in [4.69, 9.17) is 0 Å². The fourth-order valence-electron chi connectivity index (χ4n) is 5.61. The summed E-state index contributed by atoms with van der Waals surface area (Å²) in [7, 11) is 0. The Morgan fingerprint density at radius 3 is 2.13 bits per heavy atom. The van der Waals surface area contributed by atoms with E-state index in [1.807, 2.05) is 26.0 Å². The molecule has 0 radical (unpaired) electrons. The SMILES string of the molecule is CCCN(CCC)C(=O)c1cc(C(=O)N[C@@H](Cc2cc(F)cc(F)c2)[C@H](O)CNCc2cccc(CC)c2)cc(-c2ccncc2)c1. The van der Waals surface area contributed by atoms with Gasteiger partial charge in [-0.3, -0.25) is 14.6 Å². The number of pyridine rings is 1. The number of nitrogens with zero attached hydrogens (tertiary/aromatic N) is 2. The highest BCUT2D eigenvalue weighted by Crippen LogP contribution is 2.24. The second-order valence-electron chi connectivity index (χ2n) is 11.8. The van der Waals surface area contributed by atoms with Gasteiger partial charge in [0.1, 0.15) is 11.6 Å². The van der Waals surface area contributed by atoms with E-state index in [9.17, 15) is 23.5 Å². The number of halogens is 2. The Hall–Kier alpha value is -4.47. The molecule has 0 saturated heterocycles. The number of aliphatic hydroxyl groups excluding tert-OH is 1. The highest BCUT2D eigenvalue weighted by Gasteiger charge is 2.25. The quantitative estimate of drug-likeness (QED) is 0.133. The molecule has 3 N–H and O–H groups in total. The minimum Gasteiger partial charge on any atom is -0.390 e. The number of hydrogen-bond donors (Lipinski definition) is 3. The van der Waals surface area contributed by atoms with Crippen molar-refractivity contribution in [3.8, 4) is 11.1 Å². The average molecular weight is 643 g/mol. The van der Waals surface area contributed by atoms with Gasteiger partial charge in [-0.25, -0.2) is 8.78 Å². The summed E-state index contributed by atoms with van der Waals surface area (Å²) in [6, 6.07) is 19.0. The molecule has 1 heterocycles. The first kappa shape index (κ1) is 35.4. The number of aromatic nitrogens is 1. The molecule has 7 nitrogen and oxygen atoms in total. The Kier molecular flexibility index (Phi) is 13.1. The molecule has 3 aromatic carbocycles. The minimum atomic E-state index is -1.10. The maximum atomic E-state index is 14.1. The Morgan fingerprint density at radius 1 is 0.809 bits per heavy atom. The number of carbonyl (C=O) groups is 2. The van der Waals surface area contributed by atoms with Gasteiger partial charge in [-0.05, 0) is 96.0 Å². The van der Waals surface area contributed by atoms with E-state index in [0.29, 0.717) is 36.3 Å². The number of benzene rings is 3. The van der Waals surface area contributed by atoms with Crippen LogP contribution in [0.3, 0.4) is 0 Å². The fraction of sp³-hybridized carbons (Fsp3) is 0.342. The lowest BCUT2D eigenvalue weighted by molar-refractivity contribution is 0.0755. The molecule has 4 aromatic rings. The monoisotopic (exact) mass is 642 g/mol. The third kappa shape index (κ3) is 10.3. The number of carbonyl (C=O) groups excluding carboxylic acids is 2. The average Bonchev–Trinajstić information content (AvgIpc) is 3.07. The molecule has 248 valence electrons. The number of nitrogens with one attached hydrogen (secondary N) is 2. The molecule has 0 aliphatic heterocycles. The van der Waals surface area contributed by atoms with Crippen LogP contribution in [-0.4, -0.2) is 58.6 Å². The fourth-order valence-corrected chi connectivity index (χ4v) is 5.61. The van der Waals surface area contributed by atoms with Crippen molar-refractivity contribution in [1.82, 2.24) is 20.5 Å². The summed E-state index contributed by atoms with van der Waals surface area (Å²) < 4.78 is 28.2. The van der Waals surface area contributed by atoms with Gasteiger partial charge in [0.05, 0.1) is 12.1 Å². The summed E-state index contributed by atoms with van der Waals surface area (Å²) in [6.45, 7) is 7.87. The number of rotatable bonds is 16. The lowest BCUT2D eigenvalue weighted by Gasteiger charge is -2.26. The second-order valence-corrected chi connectivity index (χ2v) is 11.8. The van der Waals surface area contributed by atoms with Gasteiger partial charge in [-0.1, -0.05) is 45.0 Å². The van der Waals surface area contributed by atoms with Crippen molar-refractivity contribution in [1.29, 1.82) is 0 Å². The highest BCUT2D eigenvalue weighted by atomic mass is 19.1. The normalized spacial score (nSPS) is 12.4. The number of aryl methyl sites for hydroxylation is 1. The largest absolute Gasteiger partial charge is 0.390 e. The molecular formula is C38H44F2N4O3. The van der Waals surface area contributed by atoms with Crippen LogP contribution in [0.25, 0.3) is 11.1 Å².